The summed E-state index contributed by atoms with van der Waals surface area (Å²) >= 11 is 0. The molecule has 220 valence electrons. The van der Waals surface area contributed by atoms with Crippen molar-refractivity contribution >= 4 is 28.6 Å². The van der Waals surface area contributed by atoms with Gasteiger partial charge in [-0.3, -0.25) is 14.2 Å². The van der Waals surface area contributed by atoms with Crippen molar-refractivity contribution in [2.45, 2.75) is 19.9 Å². The molecular formula is C31H26F3N5O4. The first-order valence-corrected chi connectivity index (χ1v) is 13.2. The number of hydrogen-bond acceptors (Lipinski definition) is 7. The van der Waals surface area contributed by atoms with Gasteiger partial charge in [0, 0.05) is 28.3 Å². The number of nitrogens with zero attached hydrogens (tertiary/aromatic N) is 3. The number of amides is 1. The Balaban J connectivity index is 1.71. The highest BCUT2D eigenvalue weighted by molar-refractivity contribution is 6.05. The third-order valence-electron chi connectivity index (χ3n) is 6.87. The number of aliphatic hydroxyl groups excluding tert-OH is 2. The van der Waals surface area contributed by atoms with E-state index < -0.39 is 53.9 Å². The van der Waals surface area contributed by atoms with Crippen LogP contribution in [0.1, 0.15) is 21.5 Å². The van der Waals surface area contributed by atoms with Gasteiger partial charge in [-0.25, -0.2) is 18.2 Å². The van der Waals surface area contributed by atoms with E-state index in [0.717, 1.165) is 28.8 Å². The van der Waals surface area contributed by atoms with Crippen LogP contribution in [-0.2, 0) is 0 Å². The normalized spacial score (nSPS) is 11.3. The molecule has 0 spiro atoms. The van der Waals surface area contributed by atoms with Gasteiger partial charge in [-0.2, -0.15) is 4.98 Å². The Morgan fingerprint density at radius 2 is 1.58 bits per heavy atom. The molecule has 0 aliphatic carbocycles. The van der Waals surface area contributed by atoms with Gasteiger partial charge in [-0.05, 0) is 67.4 Å². The van der Waals surface area contributed by atoms with E-state index in [1.807, 2.05) is 0 Å². The summed E-state index contributed by atoms with van der Waals surface area (Å²) in [5.74, 6) is -3.22. The number of benzene rings is 3. The predicted octanol–water partition coefficient (Wildman–Crippen LogP) is 4.50. The number of carbonyl (C=O) groups excluding carboxylic acids is 1. The van der Waals surface area contributed by atoms with Crippen LogP contribution in [0.3, 0.4) is 0 Å². The summed E-state index contributed by atoms with van der Waals surface area (Å²) in [6.07, 6.45) is 0. The van der Waals surface area contributed by atoms with Gasteiger partial charge in [0.05, 0.1) is 24.9 Å². The van der Waals surface area contributed by atoms with Crippen molar-refractivity contribution in [2.75, 3.05) is 23.8 Å². The second-order valence-electron chi connectivity index (χ2n) is 9.86. The molecule has 5 aromatic rings. The third-order valence-corrected chi connectivity index (χ3v) is 6.87. The van der Waals surface area contributed by atoms with Crippen molar-refractivity contribution in [3.05, 3.63) is 111 Å². The van der Waals surface area contributed by atoms with Crippen LogP contribution >= 0.6 is 0 Å². The minimum atomic E-state index is -0.999. The van der Waals surface area contributed by atoms with E-state index in [1.165, 1.54) is 24.3 Å². The molecule has 0 aliphatic heterocycles. The Hall–Kier alpha value is -5.07. The SMILES string of the molecule is Cc1ccc(C(=O)Nc2ccc(C)c(-c3nc(NC(CO)CO)nc4c3ccc(=O)n4-c3c(F)cccc3F)c2)cc1F. The molecule has 4 N–H and O–H groups in total. The highest BCUT2D eigenvalue weighted by atomic mass is 19.1. The van der Waals surface area contributed by atoms with E-state index in [1.54, 1.807) is 32.0 Å². The monoisotopic (exact) mass is 589 g/mol. The number of hydrogen-bond donors (Lipinski definition) is 4. The lowest BCUT2D eigenvalue weighted by Gasteiger charge is -2.18. The lowest BCUT2D eigenvalue weighted by Crippen LogP contribution is -2.29. The van der Waals surface area contributed by atoms with Crippen molar-refractivity contribution < 1.29 is 28.2 Å². The molecule has 2 aromatic heterocycles. The zero-order valence-corrected chi connectivity index (χ0v) is 23.0. The number of carbonyl (C=O) groups is 1. The zero-order valence-electron chi connectivity index (χ0n) is 23.0. The smallest absolute Gasteiger partial charge is 0.256 e. The topological polar surface area (TPSA) is 129 Å². The second kappa shape index (κ2) is 12.0. The summed E-state index contributed by atoms with van der Waals surface area (Å²) in [6, 6.07) is 13.9. The lowest BCUT2D eigenvalue weighted by atomic mass is 10.0. The van der Waals surface area contributed by atoms with Gasteiger partial charge in [0.2, 0.25) is 5.95 Å². The van der Waals surface area contributed by atoms with Gasteiger partial charge in [0.25, 0.3) is 11.5 Å². The fourth-order valence-electron chi connectivity index (χ4n) is 4.53. The molecule has 0 saturated heterocycles. The molecule has 0 radical (unpaired) electrons. The number of fused-ring (bicyclic) bond motifs is 1. The van der Waals surface area contributed by atoms with Crippen molar-refractivity contribution in [3.63, 3.8) is 0 Å². The van der Waals surface area contributed by atoms with Crippen LogP contribution in [0.4, 0.5) is 24.8 Å². The fraction of sp³-hybridized carbons (Fsp3) is 0.161. The summed E-state index contributed by atoms with van der Waals surface area (Å²) in [5, 5.41) is 25.0. The number of halogens is 3. The number of aryl methyl sites for hydroxylation is 2. The van der Waals surface area contributed by atoms with Crippen LogP contribution in [-0.4, -0.2) is 49.9 Å². The Kier molecular flexibility index (Phi) is 8.24. The molecule has 0 aliphatic rings. The Labute approximate surface area is 243 Å². The minimum absolute atomic E-state index is 0.110. The number of rotatable bonds is 8. The first kappa shape index (κ1) is 29.4. The van der Waals surface area contributed by atoms with Gasteiger partial charge in [-0.15, -0.1) is 0 Å². The van der Waals surface area contributed by atoms with Gasteiger partial charge >= 0.3 is 0 Å². The lowest BCUT2D eigenvalue weighted by molar-refractivity contribution is 0.102. The van der Waals surface area contributed by atoms with Crippen molar-refractivity contribution in [1.29, 1.82) is 0 Å². The van der Waals surface area contributed by atoms with Crippen molar-refractivity contribution in [2.24, 2.45) is 0 Å². The van der Waals surface area contributed by atoms with E-state index in [9.17, 15) is 33.0 Å². The van der Waals surface area contributed by atoms with E-state index >= 15 is 0 Å². The molecule has 9 nitrogen and oxygen atoms in total. The standard InChI is InChI=1S/C31H26F3N5O4/c1-16-7-9-19(35-30(43)18-8-6-17(2)25(34)12-18)13-22(16)27-21-10-11-26(42)39(28-23(32)4-3-5-24(28)33)29(21)38-31(37-27)36-20(14-40)15-41/h3-13,20,40-41H,14-15H2,1-2H3,(H,35,43)(H,36,37,38). The molecule has 43 heavy (non-hydrogen) atoms. The van der Waals surface area contributed by atoms with Crippen LogP contribution < -0.4 is 16.2 Å². The van der Waals surface area contributed by atoms with Gasteiger partial charge in [0.15, 0.2) is 5.65 Å². The van der Waals surface area contributed by atoms with Gasteiger partial charge in [0.1, 0.15) is 23.1 Å². The Bertz CT molecular complexity index is 1900. The summed E-state index contributed by atoms with van der Waals surface area (Å²) in [5.41, 5.74) is 0.656. The molecule has 3 aromatic carbocycles. The molecule has 0 atom stereocenters. The zero-order chi connectivity index (χ0) is 30.8. The quantitative estimate of drug-likeness (QED) is 0.210. The van der Waals surface area contributed by atoms with Crippen LogP contribution in [0.25, 0.3) is 28.0 Å². The maximum Gasteiger partial charge on any atom is 0.256 e. The number of para-hydroxylation sites is 1. The van der Waals surface area contributed by atoms with Crippen LogP contribution in [0.15, 0.2) is 71.5 Å². The average Bonchev–Trinajstić information content (AvgIpc) is 2.98. The predicted molar refractivity (Wildman–Crippen MR) is 156 cm³/mol. The molecule has 0 bridgehead atoms. The van der Waals surface area contributed by atoms with Crippen LogP contribution in [0.5, 0.6) is 0 Å². The summed E-state index contributed by atoms with van der Waals surface area (Å²) in [7, 11) is 0. The molecule has 2 heterocycles. The van der Waals surface area contributed by atoms with E-state index in [-0.39, 0.29) is 28.2 Å². The molecular weight excluding hydrogens is 563 g/mol. The summed E-state index contributed by atoms with van der Waals surface area (Å²) < 4.78 is 44.7. The maximum absolute atomic E-state index is 14.9. The van der Waals surface area contributed by atoms with Crippen LogP contribution in [0, 0.1) is 31.3 Å². The number of aliphatic hydroxyl groups is 2. The van der Waals surface area contributed by atoms with Crippen molar-refractivity contribution in [3.8, 4) is 16.9 Å². The van der Waals surface area contributed by atoms with E-state index in [2.05, 4.69) is 20.6 Å². The molecule has 12 heteroatoms. The van der Waals surface area contributed by atoms with E-state index in [4.69, 9.17) is 0 Å². The number of anilines is 2. The van der Waals surface area contributed by atoms with Crippen molar-refractivity contribution in [1.82, 2.24) is 14.5 Å². The molecule has 5 rings (SSSR count). The highest BCUT2D eigenvalue weighted by Crippen LogP contribution is 2.33. The maximum atomic E-state index is 14.9. The number of nitrogens with one attached hydrogen (secondary N) is 2. The minimum Gasteiger partial charge on any atom is -0.394 e. The Morgan fingerprint density at radius 1 is 0.884 bits per heavy atom. The summed E-state index contributed by atoms with van der Waals surface area (Å²) in [6.45, 7) is 2.38. The van der Waals surface area contributed by atoms with E-state index in [0.29, 0.717) is 22.4 Å². The first-order chi connectivity index (χ1) is 20.6. The average molecular weight is 590 g/mol. The fourth-order valence-corrected chi connectivity index (χ4v) is 4.53. The Morgan fingerprint density at radius 3 is 2.26 bits per heavy atom. The van der Waals surface area contributed by atoms with Gasteiger partial charge in [-0.1, -0.05) is 18.2 Å². The molecule has 0 fully saturated rings. The highest BCUT2D eigenvalue weighted by Gasteiger charge is 2.21. The third kappa shape index (κ3) is 5.83. The number of aromatic nitrogens is 3. The summed E-state index contributed by atoms with van der Waals surface area (Å²) in [4.78, 5) is 34.9. The molecule has 1 amide bonds. The first-order valence-electron chi connectivity index (χ1n) is 13.2. The second-order valence-corrected chi connectivity index (χ2v) is 9.86. The van der Waals surface area contributed by atoms with Crippen LogP contribution in [0.2, 0.25) is 0 Å². The van der Waals surface area contributed by atoms with Gasteiger partial charge < -0.3 is 20.8 Å². The largest absolute Gasteiger partial charge is 0.394 e. The number of pyridine rings is 1. The molecule has 0 saturated carbocycles. The molecule has 0 unspecified atom stereocenters.